The molecule has 4 amide bonds. The van der Waals surface area contributed by atoms with E-state index in [-0.39, 0.29) is 36.1 Å². The number of piperazine rings is 1. The molecule has 2 atom stereocenters. The average Bonchev–Trinajstić information content (AvgIpc) is 3.08. The minimum Gasteiger partial charge on any atom is -0.497 e. The van der Waals surface area contributed by atoms with Crippen LogP contribution in [0.15, 0.2) is 42.5 Å². The molecule has 47 heavy (non-hydrogen) atoms. The van der Waals surface area contributed by atoms with E-state index in [1.165, 1.54) is 37.4 Å². The van der Waals surface area contributed by atoms with Crippen molar-refractivity contribution < 1.29 is 37.1 Å². The Hall–Kier alpha value is -4.13. The van der Waals surface area contributed by atoms with E-state index < -0.39 is 47.1 Å². The smallest absolute Gasteiger partial charge is 0.349 e. The Balaban J connectivity index is 1.49. The zero-order valence-electron chi connectivity index (χ0n) is 27.1. The highest BCUT2D eigenvalue weighted by Gasteiger charge is 2.44. The zero-order valence-corrected chi connectivity index (χ0v) is 27.1. The van der Waals surface area contributed by atoms with Gasteiger partial charge in [0, 0.05) is 44.6 Å². The lowest BCUT2D eigenvalue weighted by atomic mass is 9.83. The maximum absolute atomic E-state index is 15.4. The van der Waals surface area contributed by atoms with Crippen LogP contribution < -0.4 is 20.7 Å². The van der Waals surface area contributed by atoms with Gasteiger partial charge in [0.15, 0.2) is 0 Å². The van der Waals surface area contributed by atoms with Crippen LogP contribution in [0.3, 0.4) is 0 Å². The fourth-order valence-corrected chi connectivity index (χ4v) is 6.02. The number of rotatable bonds is 12. The van der Waals surface area contributed by atoms with Gasteiger partial charge < -0.3 is 30.5 Å². The van der Waals surface area contributed by atoms with Crippen LogP contribution in [0.4, 0.5) is 18.9 Å². The third kappa shape index (κ3) is 9.24. The first-order chi connectivity index (χ1) is 22.4. The lowest BCUT2D eigenvalue weighted by Gasteiger charge is -2.34. The Bertz CT molecular complexity index is 1430. The van der Waals surface area contributed by atoms with Crippen molar-refractivity contribution in [1.29, 1.82) is 0 Å². The molecule has 2 aromatic carbocycles. The molecule has 3 N–H and O–H groups in total. The number of hydrogen-bond donors (Lipinski definition) is 3. The first kappa shape index (κ1) is 35.7. The second-order valence-corrected chi connectivity index (χ2v) is 12.3. The highest BCUT2D eigenvalue weighted by Crippen LogP contribution is 2.33. The second-order valence-electron chi connectivity index (χ2n) is 12.3. The fourth-order valence-electron chi connectivity index (χ4n) is 6.02. The molecule has 1 saturated carbocycles. The van der Waals surface area contributed by atoms with Crippen LogP contribution >= 0.6 is 0 Å². The molecule has 1 aliphatic heterocycles. The summed E-state index contributed by atoms with van der Waals surface area (Å²) in [5.41, 5.74) is -0.370. The number of carbonyl (C=O) groups excluding carboxylic acids is 4. The number of nitrogens with zero attached hydrogens (tertiary/aromatic N) is 2. The van der Waals surface area contributed by atoms with E-state index >= 15 is 13.2 Å². The monoisotopic (exact) mass is 659 g/mol. The summed E-state index contributed by atoms with van der Waals surface area (Å²) in [4.78, 5) is 55.8. The van der Waals surface area contributed by atoms with Crippen LogP contribution in [-0.2, 0) is 31.5 Å². The number of halogens is 3. The zero-order chi connectivity index (χ0) is 34.1. The minimum atomic E-state index is -3.96. The first-order valence-corrected chi connectivity index (χ1v) is 16.1. The lowest BCUT2D eigenvalue weighted by molar-refractivity contribution is -0.149. The van der Waals surface area contributed by atoms with Crippen LogP contribution in [0.2, 0.25) is 0 Å². The van der Waals surface area contributed by atoms with Crippen molar-refractivity contribution in [3.8, 4) is 5.75 Å². The van der Waals surface area contributed by atoms with Gasteiger partial charge in [-0.05, 0) is 55.6 Å². The molecule has 0 radical (unpaired) electrons. The summed E-state index contributed by atoms with van der Waals surface area (Å²) in [6, 6.07) is 6.78. The molecule has 0 unspecified atom stereocenters. The Morgan fingerprint density at radius 3 is 2.32 bits per heavy atom. The van der Waals surface area contributed by atoms with Gasteiger partial charge in [-0.3, -0.25) is 19.2 Å². The summed E-state index contributed by atoms with van der Waals surface area (Å²) in [5, 5.41) is 7.49. The molecule has 1 heterocycles. The molecule has 2 aliphatic rings. The first-order valence-electron chi connectivity index (χ1n) is 16.1. The van der Waals surface area contributed by atoms with E-state index in [1.54, 1.807) is 11.8 Å². The highest BCUT2D eigenvalue weighted by molar-refractivity contribution is 5.98. The van der Waals surface area contributed by atoms with Gasteiger partial charge >= 0.3 is 5.92 Å². The Morgan fingerprint density at radius 1 is 0.979 bits per heavy atom. The Kier molecular flexibility index (Phi) is 12.3. The molecule has 0 bridgehead atoms. The van der Waals surface area contributed by atoms with Gasteiger partial charge in [-0.2, -0.15) is 8.78 Å². The van der Waals surface area contributed by atoms with Crippen LogP contribution in [0, 0.1) is 11.7 Å². The van der Waals surface area contributed by atoms with E-state index in [0.717, 1.165) is 31.4 Å². The average molecular weight is 660 g/mol. The third-order valence-corrected chi connectivity index (χ3v) is 8.91. The Labute approximate surface area is 273 Å². The highest BCUT2D eigenvalue weighted by atomic mass is 19.3. The number of nitrogens with one attached hydrogen (secondary N) is 3. The van der Waals surface area contributed by atoms with Gasteiger partial charge in [0.05, 0.1) is 12.8 Å². The minimum absolute atomic E-state index is 0.0299. The molecule has 2 fully saturated rings. The molecule has 1 saturated heterocycles. The molecule has 4 rings (SSSR count). The maximum Gasteiger partial charge on any atom is 0.349 e. The largest absolute Gasteiger partial charge is 0.497 e. The number of likely N-dealkylation sites (N-methyl/N-ethyl adjacent to an activating group) is 1. The number of alkyl halides is 2. The predicted octanol–water partition coefficient (Wildman–Crippen LogP) is 3.84. The van der Waals surface area contributed by atoms with E-state index in [4.69, 9.17) is 4.74 Å². The number of amides is 4. The van der Waals surface area contributed by atoms with Crippen LogP contribution in [0.5, 0.6) is 5.75 Å². The maximum atomic E-state index is 15.4. The fraction of sp³-hybridized carbons (Fsp3) is 0.529. The van der Waals surface area contributed by atoms with Crippen LogP contribution in [-0.4, -0.2) is 85.8 Å². The number of hydrogen-bond acceptors (Lipinski definition) is 6. The van der Waals surface area contributed by atoms with Crippen LogP contribution in [0.25, 0.3) is 0 Å². The van der Waals surface area contributed by atoms with E-state index in [9.17, 15) is 19.2 Å². The SMILES string of the molecule is CCC(=O)N[C@H](Cc1ccc(NC(=O)[C@@H](NC(=O)C(F)(F)c2cccc(OC)c2)C2CCCCC2)c(F)c1)C(=O)N1CCN(C)CC1. The molecule has 256 valence electrons. The molecular weight excluding hydrogens is 615 g/mol. The topological polar surface area (TPSA) is 120 Å². The van der Waals surface area contributed by atoms with Crippen LogP contribution in [0.1, 0.15) is 56.6 Å². The molecule has 13 heteroatoms. The van der Waals surface area contributed by atoms with Crippen molar-refractivity contribution in [2.24, 2.45) is 5.92 Å². The molecule has 10 nitrogen and oxygen atoms in total. The number of carbonyl (C=O) groups is 4. The van der Waals surface area contributed by atoms with Gasteiger partial charge in [-0.15, -0.1) is 0 Å². The summed E-state index contributed by atoms with van der Waals surface area (Å²) in [6.07, 6.45) is 3.74. The molecule has 0 aromatic heterocycles. The number of benzene rings is 2. The normalized spacial score (nSPS) is 17.4. The summed E-state index contributed by atoms with van der Waals surface area (Å²) >= 11 is 0. The van der Waals surface area contributed by atoms with Gasteiger partial charge in [0.2, 0.25) is 17.7 Å². The van der Waals surface area contributed by atoms with Gasteiger partial charge in [-0.25, -0.2) is 4.39 Å². The molecule has 2 aromatic rings. The van der Waals surface area contributed by atoms with Gasteiger partial charge in [-0.1, -0.05) is 44.4 Å². The van der Waals surface area contributed by atoms with Crippen molar-refractivity contribution in [3.63, 3.8) is 0 Å². The number of methoxy groups -OCH3 is 1. The number of anilines is 1. The van der Waals surface area contributed by atoms with Gasteiger partial charge in [0.25, 0.3) is 5.91 Å². The summed E-state index contributed by atoms with van der Waals surface area (Å²) in [5.74, 6) is -8.05. The Morgan fingerprint density at radius 2 is 1.68 bits per heavy atom. The number of ether oxygens (including phenoxy) is 1. The van der Waals surface area contributed by atoms with Crippen molar-refractivity contribution in [2.75, 3.05) is 45.7 Å². The van der Waals surface area contributed by atoms with E-state index in [0.29, 0.717) is 44.6 Å². The van der Waals surface area contributed by atoms with Crippen molar-refractivity contribution >= 4 is 29.3 Å². The summed E-state index contributed by atoms with van der Waals surface area (Å²) in [7, 11) is 3.29. The molecule has 1 aliphatic carbocycles. The summed E-state index contributed by atoms with van der Waals surface area (Å²) < 4.78 is 51.0. The summed E-state index contributed by atoms with van der Waals surface area (Å²) in [6.45, 7) is 4.09. The third-order valence-electron chi connectivity index (χ3n) is 8.91. The molecule has 0 spiro atoms. The lowest BCUT2D eigenvalue weighted by Crippen LogP contribution is -2.54. The van der Waals surface area contributed by atoms with E-state index in [2.05, 4.69) is 20.9 Å². The van der Waals surface area contributed by atoms with Crippen molar-refractivity contribution in [2.45, 2.75) is 69.9 Å². The quantitative estimate of drug-likeness (QED) is 0.319. The van der Waals surface area contributed by atoms with Crippen molar-refractivity contribution in [1.82, 2.24) is 20.4 Å². The van der Waals surface area contributed by atoms with Gasteiger partial charge in [0.1, 0.15) is 23.7 Å². The van der Waals surface area contributed by atoms with E-state index in [1.807, 2.05) is 7.05 Å². The van der Waals surface area contributed by atoms with Crippen molar-refractivity contribution in [3.05, 3.63) is 59.4 Å². The predicted molar refractivity (Wildman–Crippen MR) is 170 cm³/mol. The standard InChI is InChI=1S/C34H44F3N5O5/c1-4-29(43)38-28(32(45)42-17-15-41(2)16-18-42)20-22-13-14-27(26(35)19-22)39-31(44)30(23-9-6-5-7-10-23)40-33(46)34(36,37)24-11-8-12-25(21-24)47-3/h8,11-14,19,21,23,28,30H,4-7,9-10,15-18,20H2,1-3H3,(H,38,43)(H,39,44)(H,40,46)/t28-,30+/m1/s1. The second kappa shape index (κ2) is 16.1. The molecular formula is C34H44F3N5O5.